The van der Waals surface area contributed by atoms with E-state index in [-0.39, 0.29) is 5.41 Å². The minimum Gasteiger partial charge on any atom is -0.373 e. The molecule has 4 rings (SSSR count). The number of fused-ring (bicyclic) bond motifs is 2. The van der Waals surface area contributed by atoms with Crippen molar-refractivity contribution in [2.45, 2.75) is 71.0 Å². The maximum atomic E-state index is 6.84. The highest BCUT2D eigenvalue weighted by molar-refractivity contribution is 6.79. The third-order valence-electron chi connectivity index (χ3n) is 8.69. The molecule has 2 aromatic carbocycles. The summed E-state index contributed by atoms with van der Waals surface area (Å²) in [7, 11) is -1.53. The summed E-state index contributed by atoms with van der Waals surface area (Å²) >= 11 is 0. The lowest BCUT2D eigenvalue weighted by molar-refractivity contribution is -0.0557. The molecule has 2 heteroatoms. The molecular weight excluding hydrogens is 380 g/mol. The molecule has 2 aliphatic carbocycles. The first kappa shape index (κ1) is 21.6. The molecule has 0 amide bonds. The fourth-order valence-corrected chi connectivity index (χ4v) is 10.5. The molecular formula is C28H38OSi. The molecule has 2 fully saturated rings. The van der Waals surface area contributed by atoms with E-state index < -0.39 is 8.07 Å². The van der Waals surface area contributed by atoms with Crippen LogP contribution in [0.4, 0.5) is 0 Å². The Morgan fingerprint density at radius 3 is 2.27 bits per heavy atom. The molecule has 0 radical (unpaired) electrons. The molecule has 0 aromatic heterocycles. The Hall–Kier alpha value is -1.64. The number of allylic oxidation sites excluding steroid dienone is 1. The molecule has 2 bridgehead atoms. The molecule has 4 atom stereocenters. The van der Waals surface area contributed by atoms with Gasteiger partial charge in [-0.15, -0.1) is 0 Å². The summed E-state index contributed by atoms with van der Waals surface area (Å²) in [5.74, 6) is 0.787. The molecule has 0 unspecified atom stereocenters. The van der Waals surface area contributed by atoms with Gasteiger partial charge in [-0.05, 0) is 52.3 Å². The van der Waals surface area contributed by atoms with E-state index in [0.29, 0.717) is 11.5 Å². The number of ether oxygens (including phenoxy) is 1. The quantitative estimate of drug-likeness (QED) is 0.416. The highest BCUT2D eigenvalue weighted by atomic mass is 28.3. The van der Waals surface area contributed by atoms with Gasteiger partial charge in [-0.2, -0.15) is 0 Å². The summed E-state index contributed by atoms with van der Waals surface area (Å²) in [5.41, 5.74) is 3.95. The van der Waals surface area contributed by atoms with Crippen LogP contribution in [0.5, 0.6) is 0 Å². The van der Waals surface area contributed by atoms with E-state index in [0.717, 1.165) is 18.1 Å². The summed E-state index contributed by atoms with van der Waals surface area (Å²) < 4.78 is 6.84. The Balaban J connectivity index is 1.56. The lowest BCUT2D eigenvalue weighted by atomic mass is 9.70. The zero-order chi connectivity index (χ0) is 21.4. The van der Waals surface area contributed by atoms with Gasteiger partial charge in [0.15, 0.2) is 0 Å². The van der Waals surface area contributed by atoms with Gasteiger partial charge in [-0.3, -0.25) is 0 Å². The van der Waals surface area contributed by atoms with Gasteiger partial charge >= 0.3 is 0 Å². The number of hydrogen-bond acceptors (Lipinski definition) is 1. The molecule has 2 saturated carbocycles. The molecule has 0 saturated heterocycles. The van der Waals surface area contributed by atoms with Gasteiger partial charge in [0.2, 0.25) is 0 Å². The lowest BCUT2D eigenvalue weighted by Crippen LogP contribution is -2.46. The monoisotopic (exact) mass is 418 g/mol. The van der Waals surface area contributed by atoms with Crippen LogP contribution in [-0.2, 0) is 11.3 Å². The van der Waals surface area contributed by atoms with Gasteiger partial charge in [-0.1, -0.05) is 107 Å². The standard InChI is InChI=1S/C28H38OSi/c1-27(2)24-18-19-28(27,3)26(29-21-23-15-10-7-11-16-23)25(24)30(4,5)20-12-17-22-13-8-6-9-14-22/h6-17,24-26H,18-21H2,1-5H3/b17-12+/t24-,25-,26-,28+/m0/s1. The molecule has 160 valence electrons. The van der Waals surface area contributed by atoms with Crippen molar-refractivity contribution >= 4 is 14.1 Å². The molecule has 0 N–H and O–H groups in total. The third-order valence-corrected chi connectivity index (χ3v) is 12.5. The Kier molecular flexibility index (Phi) is 5.85. The first-order chi connectivity index (χ1) is 14.3. The van der Waals surface area contributed by atoms with E-state index in [9.17, 15) is 0 Å². The van der Waals surface area contributed by atoms with E-state index in [1.165, 1.54) is 30.0 Å². The Labute approximate surface area is 184 Å². The normalized spacial score (nSPS) is 30.2. The van der Waals surface area contributed by atoms with Crippen LogP contribution in [0, 0.1) is 16.7 Å². The van der Waals surface area contributed by atoms with Crippen LogP contribution >= 0.6 is 0 Å². The number of rotatable bonds is 7. The predicted molar refractivity (Wildman–Crippen MR) is 131 cm³/mol. The van der Waals surface area contributed by atoms with Crippen LogP contribution in [0.15, 0.2) is 66.7 Å². The Morgan fingerprint density at radius 2 is 1.60 bits per heavy atom. The maximum Gasteiger partial charge on any atom is 0.0720 e. The zero-order valence-electron chi connectivity index (χ0n) is 19.4. The average Bonchev–Trinajstić information content (AvgIpc) is 3.06. The molecule has 1 nitrogen and oxygen atoms in total. The van der Waals surface area contributed by atoms with Crippen molar-refractivity contribution in [3.8, 4) is 0 Å². The molecule has 0 spiro atoms. The van der Waals surface area contributed by atoms with E-state index >= 15 is 0 Å². The smallest absolute Gasteiger partial charge is 0.0720 e. The fourth-order valence-electron chi connectivity index (χ4n) is 6.51. The van der Waals surface area contributed by atoms with Crippen LogP contribution in [0.1, 0.15) is 44.7 Å². The minimum absolute atomic E-state index is 0.282. The van der Waals surface area contributed by atoms with Crippen LogP contribution in [0.25, 0.3) is 6.08 Å². The molecule has 2 aliphatic rings. The van der Waals surface area contributed by atoms with Crippen molar-refractivity contribution in [2.75, 3.05) is 0 Å². The third kappa shape index (κ3) is 3.74. The Bertz CT molecular complexity index is 870. The summed E-state index contributed by atoms with van der Waals surface area (Å²) in [4.78, 5) is 0. The van der Waals surface area contributed by atoms with Crippen molar-refractivity contribution in [3.05, 3.63) is 77.9 Å². The first-order valence-corrected chi connectivity index (χ1v) is 14.9. The molecule has 0 aliphatic heterocycles. The zero-order valence-corrected chi connectivity index (χ0v) is 20.4. The largest absolute Gasteiger partial charge is 0.373 e. The van der Waals surface area contributed by atoms with Crippen LogP contribution < -0.4 is 0 Å². The van der Waals surface area contributed by atoms with Crippen molar-refractivity contribution in [3.63, 3.8) is 0 Å². The average molecular weight is 419 g/mol. The second-order valence-electron chi connectivity index (χ2n) is 11.0. The minimum atomic E-state index is -1.53. The van der Waals surface area contributed by atoms with Gasteiger partial charge in [0.25, 0.3) is 0 Å². The predicted octanol–water partition coefficient (Wildman–Crippen LogP) is 7.82. The van der Waals surface area contributed by atoms with E-state index in [4.69, 9.17) is 4.74 Å². The van der Waals surface area contributed by atoms with Crippen molar-refractivity contribution in [1.82, 2.24) is 0 Å². The van der Waals surface area contributed by atoms with E-state index in [1.54, 1.807) is 0 Å². The van der Waals surface area contributed by atoms with Gasteiger partial charge < -0.3 is 4.74 Å². The summed E-state index contributed by atoms with van der Waals surface area (Å²) in [6.07, 6.45) is 7.81. The summed E-state index contributed by atoms with van der Waals surface area (Å²) in [6, 6.07) is 22.7. The number of hydrogen-bond donors (Lipinski definition) is 0. The van der Waals surface area contributed by atoms with Gasteiger partial charge in [0.05, 0.1) is 20.8 Å². The molecule has 2 aromatic rings. The summed E-state index contributed by atoms with van der Waals surface area (Å²) in [5, 5.41) is 0. The van der Waals surface area contributed by atoms with Gasteiger partial charge in [-0.25, -0.2) is 0 Å². The highest BCUT2D eigenvalue weighted by Gasteiger charge is 2.69. The molecule has 30 heavy (non-hydrogen) atoms. The van der Waals surface area contributed by atoms with E-state index in [2.05, 4.69) is 107 Å². The van der Waals surface area contributed by atoms with Crippen LogP contribution in [0.3, 0.4) is 0 Å². The van der Waals surface area contributed by atoms with Crippen molar-refractivity contribution in [1.29, 1.82) is 0 Å². The first-order valence-electron chi connectivity index (χ1n) is 11.6. The Morgan fingerprint density at radius 1 is 0.967 bits per heavy atom. The van der Waals surface area contributed by atoms with Crippen molar-refractivity contribution < 1.29 is 4.74 Å². The van der Waals surface area contributed by atoms with Crippen LogP contribution in [0.2, 0.25) is 24.7 Å². The molecule has 0 heterocycles. The number of benzene rings is 2. The van der Waals surface area contributed by atoms with Crippen LogP contribution in [-0.4, -0.2) is 14.2 Å². The van der Waals surface area contributed by atoms with E-state index in [1.807, 2.05) is 0 Å². The van der Waals surface area contributed by atoms with Gasteiger partial charge in [0.1, 0.15) is 0 Å². The lowest BCUT2D eigenvalue weighted by Gasteiger charge is -2.44. The van der Waals surface area contributed by atoms with Gasteiger partial charge in [0, 0.05) is 0 Å². The SMILES string of the molecule is CC1(C)[C@H]2CC[C@]1(C)[C@@H](OCc1ccccc1)[C@H]2[Si](C)(C)C/C=C/c1ccccc1. The summed E-state index contributed by atoms with van der Waals surface area (Å²) in [6.45, 7) is 13.5. The second-order valence-corrected chi connectivity index (χ2v) is 16.1. The van der Waals surface area contributed by atoms with Crippen molar-refractivity contribution in [2.24, 2.45) is 16.7 Å². The topological polar surface area (TPSA) is 9.23 Å². The maximum absolute atomic E-state index is 6.84. The fraction of sp³-hybridized carbons (Fsp3) is 0.500. The highest BCUT2D eigenvalue weighted by Crippen LogP contribution is 2.72. The second kappa shape index (κ2) is 8.13.